The molecule has 1 N–H and O–H groups in total. The van der Waals surface area contributed by atoms with Crippen LogP contribution in [0.25, 0.3) is 0 Å². The molecule has 2 bridgehead atoms. The number of hydrogen-bond donors (Lipinski definition) is 1. The smallest absolute Gasteiger partial charge is 0.251 e. The number of allylic oxidation sites excluding steroid dienone is 2. The first-order chi connectivity index (χ1) is 14.1. The van der Waals surface area contributed by atoms with Crippen LogP contribution in [0.2, 0.25) is 0 Å². The molecule has 1 heterocycles. The van der Waals surface area contributed by atoms with Crippen molar-refractivity contribution in [1.82, 2.24) is 5.32 Å². The fourth-order valence-electron chi connectivity index (χ4n) is 5.01. The molecule has 29 heavy (non-hydrogen) atoms. The second kappa shape index (κ2) is 6.99. The maximum Gasteiger partial charge on any atom is 0.251 e. The number of anilines is 1. The van der Waals surface area contributed by atoms with Crippen LogP contribution in [0, 0.1) is 23.7 Å². The van der Waals surface area contributed by atoms with Crippen molar-refractivity contribution >= 4 is 23.4 Å². The van der Waals surface area contributed by atoms with E-state index in [-0.39, 0.29) is 41.4 Å². The summed E-state index contributed by atoms with van der Waals surface area (Å²) < 4.78 is 0. The van der Waals surface area contributed by atoms with Crippen LogP contribution in [-0.4, -0.2) is 24.3 Å². The van der Waals surface area contributed by atoms with E-state index in [1.165, 1.54) is 4.90 Å². The minimum absolute atomic E-state index is 0.126. The van der Waals surface area contributed by atoms with Gasteiger partial charge < -0.3 is 5.32 Å². The van der Waals surface area contributed by atoms with E-state index in [9.17, 15) is 14.4 Å². The van der Waals surface area contributed by atoms with Gasteiger partial charge in [0.1, 0.15) is 0 Å². The molecular formula is C24H22N2O3. The Kier molecular flexibility index (Phi) is 4.31. The topological polar surface area (TPSA) is 66.5 Å². The SMILES string of the molecule is O=C(NCCc1ccccc1)c1cccc(N2C(=O)[C@@H]3[C@@H](C2=O)[C@H]2C=C[C@H]3C2)c1. The van der Waals surface area contributed by atoms with Crippen molar-refractivity contribution in [3.63, 3.8) is 0 Å². The predicted octanol–water partition coefficient (Wildman–Crippen LogP) is 2.97. The third kappa shape index (κ3) is 2.97. The van der Waals surface area contributed by atoms with E-state index in [0.717, 1.165) is 18.4 Å². The van der Waals surface area contributed by atoms with Crippen molar-refractivity contribution in [2.75, 3.05) is 11.4 Å². The van der Waals surface area contributed by atoms with Gasteiger partial charge in [0.25, 0.3) is 5.91 Å². The Balaban J connectivity index is 1.29. The number of carbonyl (C=O) groups is 3. The standard InChI is InChI=1S/C24H22N2O3/c27-22(25-12-11-15-5-2-1-3-6-15)18-7-4-8-19(14-18)26-23(28)20-16-9-10-17(13-16)21(20)24(26)29/h1-10,14,16-17,20-21H,11-13H2,(H,25,27)/t16-,17-,20-,21-/m0/s1. The second-order valence-corrected chi connectivity index (χ2v) is 8.05. The van der Waals surface area contributed by atoms with E-state index in [0.29, 0.717) is 17.8 Å². The monoisotopic (exact) mass is 386 g/mol. The van der Waals surface area contributed by atoms with E-state index in [1.807, 2.05) is 30.3 Å². The molecule has 5 rings (SSSR count). The molecule has 0 unspecified atom stereocenters. The Hall–Kier alpha value is -3.21. The molecule has 4 atom stereocenters. The highest BCUT2D eigenvalue weighted by atomic mass is 16.2. The van der Waals surface area contributed by atoms with Gasteiger partial charge in [-0.3, -0.25) is 14.4 Å². The Bertz CT molecular complexity index is 984. The minimum Gasteiger partial charge on any atom is -0.352 e. The van der Waals surface area contributed by atoms with Gasteiger partial charge in [0.05, 0.1) is 17.5 Å². The zero-order chi connectivity index (χ0) is 20.0. The van der Waals surface area contributed by atoms with Gasteiger partial charge in [0.2, 0.25) is 11.8 Å². The number of fused-ring (bicyclic) bond motifs is 5. The number of benzene rings is 2. The molecule has 1 saturated carbocycles. The zero-order valence-electron chi connectivity index (χ0n) is 16.0. The molecule has 0 radical (unpaired) electrons. The molecule has 0 aromatic heterocycles. The molecule has 5 heteroatoms. The highest BCUT2D eigenvalue weighted by Gasteiger charge is 2.59. The molecule has 5 nitrogen and oxygen atoms in total. The van der Waals surface area contributed by atoms with E-state index in [1.54, 1.807) is 24.3 Å². The summed E-state index contributed by atoms with van der Waals surface area (Å²) in [5.74, 6) is -0.575. The number of nitrogens with zero attached hydrogens (tertiary/aromatic N) is 1. The number of hydrogen-bond acceptors (Lipinski definition) is 3. The van der Waals surface area contributed by atoms with Crippen LogP contribution in [-0.2, 0) is 16.0 Å². The van der Waals surface area contributed by atoms with Gasteiger partial charge in [0, 0.05) is 12.1 Å². The fraction of sp³-hybridized carbons (Fsp3) is 0.292. The van der Waals surface area contributed by atoms with Gasteiger partial charge in [0.15, 0.2) is 0 Å². The Labute approximate surface area is 169 Å². The predicted molar refractivity (Wildman–Crippen MR) is 109 cm³/mol. The number of imide groups is 1. The van der Waals surface area contributed by atoms with Crippen LogP contribution in [0.15, 0.2) is 66.7 Å². The molecular weight excluding hydrogens is 364 g/mol. The molecule has 0 spiro atoms. The number of rotatable bonds is 5. The lowest BCUT2D eigenvalue weighted by atomic mass is 9.85. The molecule has 2 aromatic rings. The first-order valence-electron chi connectivity index (χ1n) is 10.1. The summed E-state index contributed by atoms with van der Waals surface area (Å²) in [7, 11) is 0. The average molecular weight is 386 g/mol. The lowest BCUT2D eigenvalue weighted by Gasteiger charge is -2.18. The molecule has 3 aliphatic rings. The number of amides is 3. The van der Waals surface area contributed by atoms with Crippen LogP contribution < -0.4 is 10.2 Å². The summed E-state index contributed by atoms with van der Waals surface area (Å²) >= 11 is 0. The summed E-state index contributed by atoms with van der Waals surface area (Å²) in [5, 5.41) is 2.91. The molecule has 2 aliphatic carbocycles. The van der Waals surface area contributed by atoms with Gasteiger partial charge in [-0.25, -0.2) is 4.90 Å². The van der Waals surface area contributed by atoms with E-state index in [2.05, 4.69) is 17.5 Å². The van der Waals surface area contributed by atoms with Gasteiger partial charge in [-0.2, -0.15) is 0 Å². The quantitative estimate of drug-likeness (QED) is 0.635. The molecule has 1 aliphatic heterocycles. The van der Waals surface area contributed by atoms with Crippen LogP contribution in [0.3, 0.4) is 0 Å². The Morgan fingerprint density at radius 2 is 1.62 bits per heavy atom. The van der Waals surface area contributed by atoms with Crippen molar-refractivity contribution in [3.05, 3.63) is 77.9 Å². The number of nitrogens with one attached hydrogen (secondary N) is 1. The van der Waals surface area contributed by atoms with Crippen molar-refractivity contribution in [2.45, 2.75) is 12.8 Å². The summed E-state index contributed by atoms with van der Waals surface area (Å²) in [4.78, 5) is 39.8. The maximum atomic E-state index is 13.0. The summed E-state index contributed by atoms with van der Waals surface area (Å²) in [6.07, 6.45) is 5.81. The number of carbonyl (C=O) groups excluding carboxylic acids is 3. The molecule has 2 aromatic carbocycles. The summed E-state index contributed by atoms with van der Waals surface area (Å²) in [5.41, 5.74) is 2.10. The summed E-state index contributed by atoms with van der Waals surface area (Å²) in [6, 6.07) is 16.8. The second-order valence-electron chi connectivity index (χ2n) is 8.05. The maximum absolute atomic E-state index is 13.0. The highest BCUT2D eigenvalue weighted by Crippen LogP contribution is 2.53. The van der Waals surface area contributed by atoms with Gasteiger partial charge in [-0.15, -0.1) is 0 Å². The first-order valence-corrected chi connectivity index (χ1v) is 10.1. The van der Waals surface area contributed by atoms with E-state index < -0.39 is 0 Å². The molecule has 146 valence electrons. The van der Waals surface area contributed by atoms with Crippen LogP contribution in [0.4, 0.5) is 5.69 Å². The lowest BCUT2D eigenvalue weighted by molar-refractivity contribution is -0.123. The molecule has 3 amide bonds. The zero-order valence-corrected chi connectivity index (χ0v) is 16.0. The lowest BCUT2D eigenvalue weighted by Crippen LogP contribution is -2.33. The van der Waals surface area contributed by atoms with Crippen LogP contribution >= 0.6 is 0 Å². The van der Waals surface area contributed by atoms with Crippen molar-refractivity contribution < 1.29 is 14.4 Å². The summed E-state index contributed by atoms with van der Waals surface area (Å²) in [6.45, 7) is 0.522. The Morgan fingerprint density at radius 1 is 0.931 bits per heavy atom. The van der Waals surface area contributed by atoms with E-state index >= 15 is 0 Å². The van der Waals surface area contributed by atoms with Gasteiger partial charge >= 0.3 is 0 Å². The van der Waals surface area contributed by atoms with Crippen molar-refractivity contribution in [2.24, 2.45) is 23.7 Å². The van der Waals surface area contributed by atoms with Crippen LogP contribution in [0.1, 0.15) is 22.3 Å². The largest absolute Gasteiger partial charge is 0.352 e. The third-order valence-corrected chi connectivity index (χ3v) is 6.38. The highest BCUT2D eigenvalue weighted by molar-refractivity contribution is 6.23. The van der Waals surface area contributed by atoms with E-state index in [4.69, 9.17) is 0 Å². The van der Waals surface area contributed by atoms with Crippen molar-refractivity contribution in [3.8, 4) is 0 Å². The first kappa shape index (κ1) is 17.9. The van der Waals surface area contributed by atoms with Crippen LogP contribution in [0.5, 0.6) is 0 Å². The molecule has 2 fully saturated rings. The van der Waals surface area contributed by atoms with Crippen molar-refractivity contribution in [1.29, 1.82) is 0 Å². The van der Waals surface area contributed by atoms with Gasteiger partial charge in [-0.05, 0) is 48.4 Å². The fourth-order valence-corrected chi connectivity index (χ4v) is 5.01. The average Bonchev–Trinajstić information content (AvgIpc) is 3.42. The molecule has 1 saturated heterocycles. The normalized spacial score (nSPS) is 26.8. The van der Waals surface area contributed by atoms with Gasteiger partial charge in [-0.1, -0.05) is 48.6 Å². The minimum atomic E-state index is -0.235. The Morgan fingerprint density at radius 3 is 2.31 bits per heavy atom. The third-order valence-electron chi connectivity index (χ3n) is 6.38.